The van der Waals surface area contributed by atoms with Gasteiger partial charge in [0.15, 0.2) is 5.52 Å². The molecule has 4 rings (SSSR count). The summed E-state index contributed by atoms with van der Waals surface area (Å²) in [5.74, 6) is 0. The lowest BCUT2D eigenvalue weighted by atomic mass is 9.95. The molecule has 4 heteroatoms. The Hall–Kier alpha value is -3.14. The molecule has 0 spiro atoms. The minimum absolute atomic E-state index is 0.872. The Balaban J connectivity index is 2.02. The van der Waals surface area contributed by atoms with E-state index >= 15 is 0 Å². The highest BCUT2D eigenvalue weighted by molar-refractivity contribution is 5.94. The molecule has 27 heavy (non-hydrogen) atoms. The highest BCUT2D eigenvalue weighted by atomic mass is 15.0. The zero-order valence-corrected chi connectivity index (χ0v) is 16.4. The van der Waals surface area contributed by atoms with Crippen LogP contribution >= 0.6 is 0 Å². The summed E-state index contributed by atoms with van der Waals surface area (Å²) in [7, 11) is 2.05. The van der Waals surface area contributed by atoms with Gasteiger partial charge in [-0.25, -0.2) is 4.57 Å². The van der Waals surface area contributed by atoms with Crippen LogP contribution in [0.25, 0.3) is 33.4 Å². The van der Waals surface area contributed by atoms with E-state index in [4.69, 9.17) is 0 Å². The third-order valence-corrected chi connectivity index (χ3v) is 5.12. The molecule has 0 aliphatic carbocycles. The second kappa shape index (κ2) is 6.54. The van der Waals surface area contributed by atoms with Gasteiger partial charge >= 0.3 is 0 Å². The highest BCUT2D eigenvalue weighted by Gasteiger charge is 2.18. The third kappa shape index (κ3) is 3.08. The van der Waals surface area contributed by atoms with Crippen molar-refractivity contribution in [2.75, 3.05) is 0 Å². The first kappa shape index (κ1) is 17.3. The molecule has 0 saturated carbocycles. The number of hydrogen-bond acceptors (Lipinski definition) is 3. The Kier molecular flexibility index (Phi) is 4.19. The monoisotopic (exact) mass is 355 g/mol. The summed E-state index contributed by atoms with van der Waals surface area (Å²) in [6, 6.07) is 10.8. The van der Waals surface area contributed by atoms with Crippen LogP contribution in [0.1, 0.15) is 22.4 Å². The van der Waals surface area contributed by atoms with Gasteiger partial charge in [0, 0.05) is 17.3 Å². The van der Waals surface area contributed by atoms with E-state index in [9.17, 15) is 0 Å². The van der Waals surface area contributed by atoms with Crippen molar-refractivity contribution in [2.24, 2.45) is 7.05 Å². The van der Waals surface area contributed by atoms with Gasteiger partial charge in [-0.3, -0.25) is 9.97 Å². The molecule has 2 heterocycles. The summed E-state index contributed by atoms with van der Waals surface area (Å²) >= 11 is 0. The first-order valence-corrected chi connectivity index (χ1v) is 9.09. The van der Waals surface area contributed by atoms with Gasteiger partial charge < -0.3 is 0 Å². The minimum Gasteiger partial charge on any atom is -0.258 e. The first-order valence-electron chi connectivity index (χ1n) is 9.09. The molecule has 2 aromatic heterocycles. The number of fused-ring (bicyclic) bond motifs is 1. The maximum absolute atomic E-state index is 4.62. The summed E-state index contributed by atoms with van der Waals surface area (Å²) in [4.78, 5) is 13.5. The fraction of sp³-hybridized carbons (Fsp3) is 0.217. The van der Waals surface area contributed by atoms with Crippen LogP contribution in [0.3, 0.4) is 0 Å². The largest absolute Gasteiger partial charge is 0.287 e. The van der Waals surface area contributed by atoms with E-state index in [0.717, 1.165) is 27.9 Å². The molecule has 0 unspecified atom stereocenters. The van der Waals surface area contributed by atoms with Gasteiger partial charge in [-0.15, -0.1) is 0 Å². The van der Waals surface area contributed by atoms with E-state index in [1.165, 1.54) is 27.9 Å². The zero-order valence-electron chi connectivity index (χ0n) is 16.4. The van der Waals surface area contributed by atoms with Crippen molar-refractivity contribution >= 4 is 10.9 Å². The summed E-state index contributed by atoms with van der Waals surface area (Å²) in [6.45, 7) is 8.45. The smallest absolute Gasteiger partial charge is 0.258 e. The van der Waals surface area contributed by atoms with E-state index in [1.54, 1.807) is 6.20 Å². The molecule has 0 saturated heterocycles. The van der Waals surface area contributed by atoms with Crippen LogP contribution in [0.5, 0.6) is 0 Å². The van der Waals surface area contributed by atoms with Gasteiger partial charge in [0.2, 0.25) is 0 Å². The number of aryl methyl sites for hydroxylation is 4. The Labute approximate surface area is 159 Å². The van der Waals surface area contributed by atoms with Crippen LogP contribution in [0.4, 0.5) is 0 Å². The Morgan fingerprint density at radius 3 is 2.41 bits per heavy atom. The van der Waals surface area contributed by atoms with Crippen LogP contribution in [0.15, 0.2) is 49.1 Å². The molecule has 0 radical (unpaired) electrons. The maximum atomic E-state index is 4.62. The van der Waals surface area contributed by atoms with Crippen LogP contribution in [-0.2, 0) is 7.05 Å². The molecule has 0 aliphatic rings. The molecule has 4 nitrogen and oxygen atoms in total. The lowest BCUT2D eigenvalue weighted by molar-refractivity contribution is -0.662. The molecular weight excluding hydrogens is 332 g/mol. The summed E-state index contributed by atoms with van der Waals surface area (Å²) < 4.78 is 2.11. The Bertz CT molecular complexity index is 1160. The fourth-order valence-electron chi connectivity index (χ4n) is 3.56. The third-order valence-electron chi connectivity index (χ3n) is 5.12. The van der Waals surface area contributed by atoms with Gasteiger partial charge in [0.25, 0.3) is 6.33 Å². The van der Waals surface area contributed by atoms with Crippen molar-refractivity contribution in [3.8, 4) is 22.5 Å². The van der Waals surface area contributed by atoms with Crippen LogP contribution in [0.2, 0.25) is 0 Å². The SMILES string of the molecule is Cc1cc(C)c(C)c(-c2c3cc(-c4cnc(C)cn4)ccc3nc[n+]2C)c1. The van der Waals surface area contributed by atoms with Gasteiger partial charge in [-0.2, -0.15) is 0 Å². The Morgan fingerprint density at radius 2 is 1.67 bits per heavy atom. The first-order chi connectivity index (χ1) is 12.9. The molecule has 4 aromatic rings. The van der Waals surface area contributed by atoms with Crippen molar-refractivity contribution in [2.45, 2.75) is 27.7 Å². The van der Waals surface area contributed by atoms with Crippen molar-refractivity contribution < 1.29 is 4.57 Å². The van der Waals surface area contributed by atoms with Gasteiger partial charge in [0.05, 0.1) is 30.0 Å². The predicted octanol–water partition coefficient (Wildman–Crippen LogP) is 4.42. The van der Waals surface area contributed by atoms with Crippen molar-refractivity contribution in [1.82, 2.24) is 15.0 Å². The summed E-state index contributed by atoms with van der Waals surface area (Å²) in [6.07, 6.45) is 5.52. The normalized spacial score (nSPS) is 11.1. The number of nitrogens with zero attached hydrogens (tertiary/aromatic N) is 4. The van der Waals surface area contributed by atoms with Crippen LogP contribution in [0, 0.1) is 27.7 Å². The molecule has 0 bridgehead atoms. The molecule has 134 valence electrons. The van der Waals surface area contributed by atoms with Gasteiger partial charge in [-0.05, 0) is 68.1 Å². The fourth-order valence-corrected chi connectivity index (χ4v) is 3.56. The predicted molar refractivity (Wildman–Crippen MR) is 108 cm³/mol. The van der Waals surface area contributed by atoms with Crippen LogP contribution in [-0.4, -0.2) is 15.0 Å². The number of hydrogen-bond donors (Lipinski definition) is 0. The van der Waals surface area contributed by atoms with Crippen molar-refractivity contribution in [1.29, 1.82) is 0 Å². The number of rotatable bonds is 2. The van der Waals surface area contributed by atoms with E-state index in [-0.39, 0.29) is 0 Å². The molecular formula is C23H23N4+. The molecule has 0 aliphatic heterocycles. The minimum atomic E-state index is 0.872. The maximum Gasteiger partial charge on any atom is 0.287 e. The topological polar surface area (TPSA) is 42.6 Å². The lowest BCUT2D eigenvalue weighted by Crippen LogP contribution is -2.32. The zero-order chi connectivity index (χ0) is 19.1. The summed E-state index contributed by atoms with van der Waals surface area (Å²) in [5.41, 5.74) is 10.1. The van der Waals surface area contributed by atoms with E-state index < -0.39 is 0 Å². The van der Waals surface area contributed by atoms with Crippen molar-refractivity contribution in [3.05, 3.63) is 71.4 Å². The molecule has 0 fully saturated rings. The molecule has 0 N–H and O–H groups in total. The molecule has 0 amide bonds. The number of benzene rings is 2. The lowest BCUT2D eigenvalue weighted by Gasteiger charge is -2.13. The Morgan fingerprint density at radius 1 is 0.852 bits per heavy atom. The quantitative estimate of drug-likeness (QED) is 0.500. The second-order valence-electron chi connectivity index (χ2n) is 7.23. The average molecular weight is 355 g/mol. The van der Waals surface area contributed by atoms with E-state index in [0.29, 0.717) is 0 Å². The summed E-state index contributed by atoms with van der Waals surface area (Å²) in [5, 5.41) is 1.12. The average Bonchev–Trinajstić information content (AvgIpc) is 2.65. The van der Waals surface area contributed by atoms with E-state index in [1.807, 2.05) is 19.4 Å². The van der Waals surface area contributed by atoms with Gasteiger partial charge in [-0.1, -0.05) is 11.6 Å². The van der Waals surface area contributed by atoms with Crippen LogP contribution < -0.4 is 4.57 Å². The second-order valence-corrected chi connectivity index (χ2v) is 7.23. The van der Waals surface area contributed by atoms with Crippen molar-refractivity contribution in [3.63, 3.8) is 0 Å². The van der Waals surface area contributed by atoms with E-state index in [2.05, 4.69) is 77.7 Å². The van der Waals surface area contributed by atoms with Gasteiger partial charge in [0.1, 0.15) is 5.69 Å². The highest BCUT2D eigenvalue weighted by Crippen LogP contribution is 2.31. The number of aromatic nitrogens is 4. The molecule has 0 atom stereocenters. The molecule has 2 aromatic carbocycles. The standard InChI is InChI=1S/C23H23N4/c1-14-8-15(2)17(4)19(9-14)23-20-10-18(22-12-24-16(3)11-25-22)6-7-21(20)26-13-27(23)5/h6-13H,1-5H3/q+1.